The first-order chi connectivity index (χ1) is 10.8. The zero-order valence-electron chi connectivity index (χ0n) is 13.6. The van der Waals surface area contributed by atoms with E-state index in [1.165, 1.54) is 0 Å². The lowest BCUT2D eigenvalue weighted by Gasteiger charge is -2.25. The van der Waals surface area contributed by atoms with Crippen LogP contribution in [0.4, 0.5) is 10.5 Å². The molecule has 0 spiro atoms. The van der Waals surface area contributed by atoms with E-state index in [1.807, 2.05) is 18.2 Å². The number of urea groups is 1. The van der Waals surface area contributed by atoms with Crippen molar-refractivity contribution in [1.82, 2.24) is 10.6 Å². The number of nitrogens with zero attached hydrogens (tertiary/aromatic N) is 1. The number of carbonyl (C=O) groups is 2. The van der Waals surface area contributed by atoms with Crippen molar-refractivity contribution in [2.45, 2.75) is 31.8 Å². The molecule has 1 aliphatic rings. The van der Waals surface area contributed by atoms with Gasteiger partial charge in [0, 0.05) is 24.7 Å². The van der Waals surface area contributed by atoms with Crippen LogP contribution < -0.4 is 20.3 Å². The van der Waals surface area contributed by atoms with Crippen LogP contribution in [0.25, 0.3) is 0 Å². The maximum atomic E-state index is 12.2. The monoisotopic (exact) mass is 321 g/mol. The summed E-state index contributed by atoms with van der Waals surface area (Å²) in [5.74, 6) is 0.624. The first-order valence-corrected chi connectivity index (χ1v) is 7.48. The highest BCUT2D eigenvalue weighted by Crippen LogP contribution is 2.25. The van der Waals surface area contributed by atoms with Crippen LogP contribution in [0.3, 0.4) is 0 Å². The standard InChI is InChI=1S/C16H23N3O4/c1-16(2,10-20)18-15(22)17-11-7-14(21)19(9-11)12-5-4-6-13(8-12)23-3/h4-6,8,11,20H,7,9-10H2,1-3H3,(H2,17,18,22). The lowest BCUT2D eigenvalue weighted by atomic mass is 10.1. The number of anilines is 1. The number of ether oxygens (including phenoxy) is 1. The van der Waals surface area contributed by atoms with Crippen molar-refractivity contribution >= 4 is 17.6 Å². The Morgan fingerprint density at radius 3 is 2.87 bits per heavy atom. The Morgan fingerprint density at radius 2 is 2.22 bits per heavy atom. The minimum atomic E-state index is -0.709. The van der Waals surface area contributed by atoms with Crippen molar-refractivity contribution in [3.8, 4) is 5.75 Å². The molecule has 0 radical (unpaired) electrons. The van der Waals surface area contributed by atoms with E-state index in [1.54, 1.807) is 31.9 Å². The predicted molar refractivity (Wildman–Crippen MR) is 86.6 cm³/mol. The minimum absolute atomic E-state index is 0.0510. The van der Waals surface area contributed by atoms with E-state index in [-0.39, 0.29) is 25.0 Å². The van der Waals surface area contributed by atoms with E-state index in [0.29, 0.717) is 12.3 Å². The van der Waals surface area contributed by atoms with E-state index in [4.69, 9.17) is 9.84 Å². The molecular formula is C16H23N3O4. The molecule has 0 aliphatic carbocycles. The normalized spacial score (nSPS) is 18.0. The third-order valence-corrected chi connectivity index (χ3v) is 3.67. The Balaban J connectivity index is 1.98. The number of aliphatic hydroxyl groups excluding tert-OH is 1. The Morgan fingerprint density at radius 1 is 1.48 bits per heavy atom. The number of amides is 3. The molecule has 0 saturated carbocycles. The molecule has 7 nitrogen and oxygen atoms in total. The van der Waals surface area contributed by atoms with Gasteiger partial charge in [0.15, 0.2) is 0 Å². The van der Waals surface area contributed by atoms with E-state index in [2.05, 4.69) is 10.6 Å². The highest BCUT2D eigenvalue weighted by Gasteiger charge is 2.32. The zero-order chi connectivity index (χ0) is 17.0. The van der Waals surface area contributed by atoms with Gasteiger partial charge >= 0.3 is 6.03 Å². The second-order valence-electron chi connectivity index (χ2n) is 6.25. The second-order valence-corrected chi connectivity index (χ2v) is 6.25. The van der Waals surface area contributed by atoms with Crippen LogP contribution in [0, 0.1) is 0 Å². The van der Waals surface area contributed by atoms with Crippen LogP contribution in [-0.4, -0.2) is 48.9 Å². The van der Waals surface area contributed by atoms with E-state index >= 15 is 0 Å². The van der Waals surface area contributed by atoms with Crippen LogP contribution in [0.2, 0.25) is 0 Å². The fraction of sp³-hybridized carbons (Fsp3) is 0.500. The van der Waals surface area contributed by atoms with Crippen LogP contribution in [0.5, 0.6) is 5.75 Å². The lowest BCUT2D eigenvalue weighted by molar-refractivity contribution is -0.117. The number of methoxy groups -OCH3 is 1. The maximum Gasteiger partial charge on any atom is 0.315 e. The molecule has 1 heterocycles. The van der Waals surface area contributed by atoms with Crippen LogP contribution in [0.15, 0.2) is 24.3 Å². The summed E-state index contributed by atoms with van der Waals surface area (Å²) < 4.78 is 5.17. The largest absolute Gasteiger partial charge is 0.497 e. The van der Waals surface area contributed by atoms with Gasteiger partial charge in [-0.2, -0.15) is 0 Å². The van der Waals surface area contributed by atoms with Gasteiger partial charge in [0.25, 0.3) is 0 Å². The van der Waals surface area contributed by atoms with Crippen LogP contribution in [0.1, 0.15) is 20.3 Å². The van der Waals surface area contributed by atoms with Gasteiger partial charge in [-0.15, -0.1) is 0 Å². The van der Waals surface area contributed by atoms with Crippen LogP contribution >= 0.6 is 0 Å². The number of rotatable bonds is 5. The Labute approximate surface area is 135 Å². The first-order valence-electron chi connectivity index (χ1n) is 7.48. The highest BCUT2D eigenvalue weighted by molar-refractivity contribution is 5.97. The molecule has 0 aromatic heterocycles. The molecule has 7 heteroatoms. The number of carbonyl (C=O) groups excluding carboxylic acids is 2. The van der Waals surface area contributed by atoms with Gasteiger partial charge in [-0.1, -0.05) is 6.07 Å². The Kier molecular flexibility index (Phi) is 5.10. The zero-order valence-corrected chi connectivity index (χ0v) is 13.6. The summed E-state index contributed by atoms with van der Waals surface area (Å²) in [4.78, 5) is 25.8. The Bertz CT molecular complexity index is 588. The van der Waals surface area contributed by atoms with Crippen molar-refractivity contribution in [3.63, 3.8) is 0 Å². The van der Waals surface area contributed by atoms with Gasteiger partial charge in [-0.05, 0) is 26.0 Å². The summed E-state index contributed by atoms with van der Waals surface area (Å²) in [7, 11) is 1.57. The van der Waals surface area contributed by atoms with Crippen molar-refractivity contribution < 1.29 is 19.4 Å². The van der Waals surface area contributed by atoms with Crippen molar-refractivity contribution in [2.75, 3.05) is 25.2 Å². The molecule has 126 valence electrons. The van der Waals surface area contributed by atoms with Gasteiger partial charge in [0.1, 0.15) is 5.75 Å². The molecule has 1 atom stereocenters. The van der Waals surface area contributed by atoms with Gasteiger partial charge in [-0.25, -0.2) is 4.79 Å². The number of nitrogens with one attached hydrogen (secondary N) is 2. The van der Waals surface area contributed by atoms with Crippen molar-refractivity contribution in [3.05, 3.63) is 24.3 Å². The number of benzene rings is 1. The smallest absolute Gasteiger partial charge is 0.315 e. The molecule has 1 fully saturated rings. The molecule has 1 aromatic carbocycles. The van der Waals surface area contributed by atoms with Crippen LogP contribution in [-0.2, 0) is 4.79 Å². The number of hydrogen-bond donors (Lipinski definition) is 3. The SMILES string of the molecule is COc1cccc(N2CC(NC(=O)NC(C)(C)CO)CC2=O)c1. The fourth-order valence-corrected chi connectivity index (χ4v) is 2.40. The molecule has 23 heavy (non-hydrogen) atoms. The van der Waals surface area contributed by atoms with E-state index in [0.717, 1.165) is 5.69 Å². The Hall–Kier alpha value is -2.28. The van der Waals surface area contributed by atoms with Gasteiger partial charge < -0.3 is 25.4 Å². The third-order valence-electron chi connectivity index (χ3n) is 3.67. The van der Waals surface area contributed by atoms with E-state index in [9.17, 15) is 9.59 Å². The molecule has 3 N–H and O–H groups in total. The van der Waals surface area contributed by atoms with Crippen molar-refractivity contribution in [1.29, 1.82) is 0 Å². The summed E-state index contributed by atoms with van der Waals surface area (Å²) >= 11 is 0. The van der Waals surface area contributed by atoms with Gasteiger partial charge in [0.2, 0.25) is 5.91 Å². The molecule has 1 unspecified atom stereocenters. The molecule has 1 aromatic rings. The quantitative estimate of drug-likeness (QED) is 0.750. The number of hydrogen-bond acceptors (Lipinski definition) is 4. The molecule has 2 rings (SSSR count). The lowest BCUT2D eigenvalue weighted by Crippen LogP contribution is -2.53. The van der Waals surface area contributed by atoms with Gasteiger partial charge in [-0.3, -0.25) is 4.79 Å². The maximum absolute atomic E-state index is 12.2. The molecule has 3 amide bonds. The second kappa shape index (κ2) is 6.87. The summed E-state index contributed by atoms with van der Waals surface area (Å²) in [6.45, 7) is 3.67. The summed E-state index contributed by atoms with van der Waals surface area (Å²) in [6.07, 6.45) is 0.240. The fourth-order valence-electron chi connectivity index (χ4n) is 2.40. The molecule has 0 bridgehead atoms. The summed E-state index contributed by atoms with van der Waals surface area (Å²) in [6, 6.07) is 6.58. The highest BCUT2D eigenvalue weighted by atomic mass is 16.5. The molecule has 1 aliphatic heterocycles. The average Bonchev–Trinajstić information content (AvgIpc) is 2.87. The number of aliphatic hydroxyl groups is 1. The van der Waals surface area contributed by atoms with Gasteiger partial charge in [0.05, 0.1) is 25.3 Å². The topological polar surface area (TPSA) is 90.9 Å². The third kappa shape index (κ3) is 4.35. The first kappa shape index (κ1) is 17.1. The van der Waals surface area contributed by atoms with Crippen molar-refractivity contribution in [2.24, 2.45) is 0 Å². The average molecular weight is 321 g/mol. The summed E-state index contributed by atoms with van der Waals surface area (Å²) in [5, 5.41) is 14.6. The molecule has 1 saturated heterocycles. The van der Waals surface area contributed by atoms with E-state index < -0.39 is 11.6 Å². The summed E-state index contributed by atoms with van der Waals surface area (Å²) in [5.41, 5.74) is 0.0360. The predicted octanol–water partition coefficient (Wildman–Crippen LogP) is 0.871. The molecular weight excluding hydrogens is 298 g/mol. The minimum Gasteiger partial charge on any atom is -0.497 e.